The Morgan fingerprint density at radius 3 is 2.76 bits per heavy atom. The molecule has 1 fully saturated rings. The zero-order valence-electron chi connectivity index (χ0n) is 12.1. The molecule has 1 aromatic heterocycles. The maximum Gasteiger partial charge on any atom is 0.339 e. The number of aromatic amines is 1. The lowest BCUT2D eigenvalue weighted by atomic mass is 9.97. The summed E-state index contributed by atoms with van der Waals surface area (Å²) >= 11 is 0. The molecule has 1 aliphatic rings. The zero-order chi connectivity index (χ0) is 15.6. The molecule has 3 N–H and O–H groups in total. The first-order chi connectivity index (χ1) is 9.90. The number of aromatic carboxylic acids is 1. The van der Waals surface area contributed by atoms with Crippen molar-refractivity contribution < 1.29 is 19.5 Å². The van der Waals surface area contributed by atoms with E-state index in [2.05, 4.69) is 10.3 Å². The molecule has 2 heterocycles. The fraction of sp³-hybridized carbons (Fsp3) is 0.500. The minimum absolute atomic E-state index is 0.0452. The summed E-state index contributed by atoms with van der Waals surface area (Å²) in [5.41, 5.74) is 0.833. The van der Waals surface area contributed by atoms with E-state index in [0.717, 1.165) is 6.42 Å². The Morgan fingerprint density at radius 1 is 1.43 bits per heavy atom. The van der Waals surface area contributed by atoms with Crippen molar-refractivity contribution in [3.05, 3.63) is 17.5 Å². The highest BCUT2D eigenvalue weighted by Crippen LogP contribution is 2.22. The third-order valence-electron chi connectivity index (χ3n) is 3.79. The minimum atomic E-state index is -1.09. The van der Waals surface area contributed by atoms with E-state index in [1.807, 2.05) is 0 Å². The summed E-state index contributed by atoms with van der Waals surface area (Å²) < 4.78 is 0. The van der Waals surface area contributed by atoms with Gasteiger partial charge in [0.05, 0.1) is 11.6 Å². The van der Waals surface area contributed by atoms with Crippen LogP contribution >= 0.6 is 0 Å². The van der Waals surface area contributed by atoms with Gasteiger partial charge in [-0.1, -0.05) is 0 Å². The lowest BCUT2D eigenvalue weighted by Crippen LogP contribution is -2.42. The van der Waals surface area contributed by atoms with Crippen LogP contribution in [0.4, 0.5) is 5.69 Å². The van der Waals surface area contributed by atoms with Crippen LogP contribution in [0, 0.1) is 12.8 Å². The third-order valence-corrected chi connectivity index (χ3v) is 3.79. The number of hydrogen-bond acceptors (Lipinski definition) is 3. The van der Waals surface area contributed by atoms with Crippen LogP contribution in [0.25, 0.3) is 0 Å². The molecule has 0 spiro atoms. The first-order valence-electron chi connectivity index (χ1n) is 6.87. The molecule has 0 bridgehead atoms. The number of carbonyl (C=O) groups excluding carboxylic acids is 2. The number of amides is 2. The Labute approximate surface area is 122 Å². The Bertz CT molecular complexity index is 579. The smallest absolute Gasteiger partial charge is 0.339 e. The molecule has 1 aliphatic heterocycles. The van der Waals surface area contributed by atoms with Crippen LogP contribution in [0.1, 0.15) is 35.8 Å². The fourth-order valence-electron chi connectivity index (χ4n) is 2.61. The SMILES string of the molecule is CC(=O)N1CCCC(C(=O)Nc2c[nH]c(C)c2C(=O)O)C1. The van der Waals surface area contributed by atoms with E-state index in [0.29, 0.717) is 25.2 Å². The molecule has 7 nitrogen and oxygen atoms in total. The first kappa shape index (κ1) is 15.1. The van der Waals surface area contributed by atoms with Crippen molar-refractivity contribution in [2.45, 2.75) is 26.7 Å². The summed E-state index contributed by atoms with van der Waals surface area (Å²) in [7, 11) is 0. The normalized spacial score (nSPS) is 18.4. The second-order valence-electron chi connectivity index (χ2n) is 5.30. The molecule has 0 radical (unpaired) electrons. The number of carbonyl (C=O) groups is 3. The van der Waals surface area contributed by atoms with Crippen LogP contribution < -0.4 is 5.32 Å². The third kappa shape index (κ3) is 3.24. The number of anilines is 1. The van der Waals surface area contributed by atoms with E-state index in [4.69, 9.17) is 5.11 Å². The summed E-state index contributed by atoms with van der Waals surface area (Å²) in [6, 6.07) is 0. The number of carboxylic acids is 1. The van der Waals surface area contributed by atoms with Crippen LogP contribution in [0.15, 0.2) is 6.20 Å². The van der Waals surface area contributed by atoms with Gasteiger partial charge in [-0.15, -0.1) is 0 Å². The fourth-order valence-corrected chi connectivity index (χ4v) is 2.61. The first-order valence-corrected chi connectivity index (χ1v) is 6.87. The van der Waals surface area contributed by atoms with Crippen molar-refractivity contribution in [2.75, 3.05) is 18.4 Å². The van der Waals surface area contributed by atoms with E-state index in [1.165, 1.54) is 13.1 Å². The molecule has 114 valence electrons. The van der Waals surface area contributed by atoms with E-state index >= 15 is 0 Å². The molecular formula is C14H19N3O4. The number of hydrogen-bond donors (Lipinski definition) is 3. The van der Waals surface area contributed by atoms with Crippen molar-refractivity contribution in [2.24, 2.45) is 5.92 Å². The van der Waals surface area contributed by atoms with Crippen LogP contribution in [-0.4, -0.2) is 45.9 Å². The van der Waals surface area contributed by atoms with E-state index in [1.54, 1.807) is 11.8 Å². The molecule has 21 heavy (non-hydrogen) atoms. The average molecular weight is 293 g/mol. The van der Waals surface area contributed by atoms with Crippen LogP contribution in [0.3, 0.4) is 0 Å². The lowest BCUT2D eigenvalue weighted by molar-refractivity contribution is -0.132. The van der Waals surface area contributed by atoms with Gasteiger partial charge in [0, 0.05) is 31.9 Å². The van der Waals surface area contributed by atoms with Gasteiger partial charge in [-0.05, 0) is 19.8 Å². The number of nitrogens with zero attached hydrogens (tertiary/aromatic N) is 1. The zero-order valence-corrected chi connectivity index (χ0v) is 12.1. The molecule has 0 aliphatic carbocycles. The molecule has 1 unspecified atom stereocenters. The van der Waals surface area contributed by atoms with Gasteiger partial charge >= 0.3 is 5.97 Å². The number of aromatic nitrogens is 1. The highest BCUT2D eigenvalue weighted by Gasteiger charge is 2.28. The van der Waals surface area contributed by atoms with Gasteiger partial charge in [0.1, 0.15) is 5.56 Å². The lowest BCUT2D eigenvalue weighted by Gasteiger charge is -2.31. The Balaban J connectivity index is 2.08. The summed E-state index contributed by atoms with van der Waals surface area (Å²) in [6.07, 6.45) is 2.94. The standard InChI is InChI=1S/C14H19N3O4/c1-8-12(14(20)21)11(6-15-8)16-13(19)10-4-3-5-17(7-10)9(2)18/h6,10,15H,3-5,7H2,1-2H3,(H,16,19)(H,20,21). The number of aryl methyl sites for hydroxylation is 1. The van der Waals surface area contributed by atoms with Gasteiger partial charge in [0.15, 0.2) is 0 Å². The Kier molecular flexibility index (Phi) is 4.30. The van der Waals surface area contributed by atoms with Gasteiger partial charge in [0.25, 0.3) is 0 Å². The van der Waals surface area contributed by atoms with Gasteiger partial charge < -0.3 is 20.3 Å². The van der Waals surface area contributed by atoms with E-state index in [-0.39, 0.29) is 29.0 Å². The Hall–Kier alpha value is -2.31. The number of carboxylic acid groups (broad SMARTS) is 1. The second kappa shape index (κ2) is 5.99. The topological polar surface area (TPSA) is 103 Å². The van der Waals surface area contributed by atoms with Crippen LogP contribution in [0.2, 0.25) is 0 Å². The number of likely N-dealkylation sites (tertiary alicyclic amines) is 1. The Morgan fingerprint density at radius 2 is 2.14 bits per heavy atom. The van der Waals surface area contributed by atoms with Gasteiger partial charge in [0.2, 0.25) is 11.8 Å². The summed E-state index contributed by atoms with van der Waals surface area (Å²) in [6.45, 7) is 4.17. The highest BCUT2D eigenvalue weighted by molar-refractivity contribution is 6.02. The maximum atomic E-state index is 12.3. The van der Waals surface area contributed by atoms with Crippen molar-refractivity contribution in [1.82, 2.24) is 9.88 Å². The minimum Gasteiger partial charge on any atom is -0.478 e. The molecular weight excluding hydrogens is 274 g/mol. The summed E-state index contributed by atoms with van der Waals surface area (Å²) in [4.78, 5) is 39.3. The van der Waals surface area contributed by atoms with Crippen molar-refractivity contribution in [3.63, 3.8) is 0 Å². The summed E-state index contributed by atoms with van der Waals surface area (Å²) in [5.74, 6) is -1.68. The van der Waals surface area contributed by atoms with E-state index in [9.17, 15) is 14.4 Å². The quantitative estimate of drug-likeness (QED) is 0.779. The largest absolute Gasteiger partial charge is 0.478 e. The number of H-pyrrole nitrogens is 1. The monoisotopic (exact) mass is 293 g/mol. The van der Waals surface area contributed by atoms with Gasteiger partial charge in [-0.2, -0.15) is 0 Å². The average Bonchev–Trinajstić information content (AvgIpc) is 2.79. The van der Waals surface area contributed by atoms with E-state index < -0.39 is 5.97 Å². The predicted octanol–water partition coefficient (Wildman–Crippen LogP) is 1.22. The molecule has 0 saturated carbocycles. The molecule has 0 aromatic carbocycles. The molecule has 1 atom stereocenters. The molecule has 2 rings (SSSR count). The molecule has 7 heteroatoms. The molecule has 1 saturated heterocycles. The van der Waals surface area contributed by atoms with Gasteiger partial charge in [-0.3, -0.25) is 9.59 Å². The highest BCUT2D eigenvalue weighted by atomic mass is 16.4. The molecule has 2 amide bonds. The second-order valence-corrected chi connectivity index (χ2v) is 5.30. The van der Waals surface area contributed by atoms with Crippen molar-refractivity contribution in [3.8, 4) is 0 Å². The number of rotatable bonds is 3. The predicted molar refractivity (Wildman–Crippen MR) is 76.1 cm³/mol. The number of piperidine rings is 1. The van der Waals surface area contributed by atoms with Crippen LogP contribution in [-0.2, 0) is 9.59 Å². The van der Waals surface area contributed by atoms with Gasteiger partial charge in [-0.25, -0.2) is 4.79 Å². The maximum absolute atomic E-state index is 12.3. The van der Waals surface area contributed by atoms with Crippen molar-refractivity contribution >= 4 is 23.5 Å². The van der Waals surface area contributed by atoms with Crippen LogP contribution in [0.5, 0.6) is 0 Å². The number of nitrogens with one attached hydrogen (secondary N) is 2. The summed E-state index contributed by atoms with van der Waals surface area (Å²) in [5, 5.41) is 11.8. The molecule has 1 aromatic rings. The van der Waals surface area contributed by atoms with Crippen molar-refractivity contribution in [1.29, 1.82) is 0 Å².